The van der Waals surface area contributed by atoms with Crippen LogP contribution < -0.4 is 5.56 Å². The van der Waals surface area contributed by atoms with Crippen molar-refractivity contribution in [2.45, 2.75) is 39.2 Å². The number of thiazole rings is 1. The minimum absolute atomic E-state index is 0.0772. The van der Waals surface area contributed by atoms with Crippen molar-refractivity contribution in [1.29, 1.82) is 0 Å². The van der Waals surface area contributed by atoms with Crippen molar-refractivity contribution in [2.24, 2.45) is 5.92 Å². The molecule has 24 heavy (non-hydrogen) atoms. The monoisotopic (exact) mass is 343 g/mol. The van der Waals surface area contributed by atoms with Crippen LogP contribution in [0.3, 0.4) is 0 Å². The number of fused-ring (bicyclic) bond motifs is 4. The summed E-state index contributed by atoms with van der Waals surface area (Å²) < 4.78 is 1.90. The van der Waals surface area contributed by atoms with Crippen molar-refractivity contribution < 1.29 is 4.79 Å². The summed E-state index contributed by atoms with van der Waals surface area (Å²) in [5, 5.41) is 0.948. The number of likely N-dealkylation sites (tertiary alicyclic amines) is 1. The predicted octanol–water partition coefficient (Wildman–Crippen LogP) is 2.44. The number of carbonyl (C=O) groups excluding carboxylic acids is 1. The lowest BCUT2D eigenvalue weighted by atomic mass is 9.83. The summed E-state index contributed by atoms with van der Waals surface area (Å²) in [6, 6.07) is 5.49. The highest BCUT2D eigenvalue weighted by atomic mass is 32.1. The van der Waals surface area contributed by atoms with Gasteiger partial charge < -0.3 is 9.47 Å². The molecule has 1 amide bonds. The second-order valence-corrected chi connectivity index (χ2v) is 7.97. The smallest absolute Gasteiger partial charge is 0.265 e. The summed E-state index contributed by atoms with van der Waals surface area (Å²) >= 11 is 1.50. The van der Waals surface area contributed by atoms with Gasteiger partial charge in [-0.3, -0.25) is 9.59 Å². The van der Waals surface area contributed by atoms with Crippen LogP contribution in [0.5, 0.6) is 0 Å². The Balaban J connectivity index is 1.64. The van der Waals surface area contributed by atoms with Gasteiger partial charge in [-0.25, -0.2) is 4.98 Å². The summed E-state index contributed by atoms with van der Waals surface area (Å²) in [7, 11) is 0. The standard InChI is InChI=1S/C18H21N3O2S/c1-3-14-17(24-11(2)19-14)18(23)20-8-12-7-13(10-20)15-5-4-6-16(22)21(15)9-12/h4-6,12-13H,3,7-10H2,1-2H3. The maximum absolute atomic E-state index is 13.0. The van der Waals surface area contributed by atoms with Crippen LogP contribution in [0.4, 0.5) is 0 Å². The molecule has 2 aromatic heterocycles. The Bertz CT molecular complexity index is 854. The zero-order valence-electron chi connectivity index (χ0n) is 14.0. The fraction of sp³-hybridized carbons (Fsp3) is 0.500. The number of aromatic nitrogens is 2. The number of nitrogens with zero attached hydrogens (tertiary/aromatic N) is 3. The lowest BCUT2D eigenvalue weighted by Gasteiger charge is -2.42. The molecule has 2 aliphatic heterocycles. The predicted molar refractivity (Wildman–Crippen MR) is 93.7 cm³/mol. The van der Waals surface area contributed by atoms with Crippen molar-refractivity contribution >= 4 is 17.2 Å². The van der Waals surface area contributed by atoms with Crippen LogP contribution >= 0.6 is 11.3 Å². The second kappa shape index (κ2) is 5.84. The maximum Gasteiger partial charge on any atom is 0.265 e. The molecule has 0 spiro atoms. The van der Waals surface area contributed by atoms with E-state index in [4.69, 9.17) is 0 Å². The number of hydrogen-bond acceptors (Lipinski definition) is 4. The van der Waals surface area contributed by atoms with Crippen LogP contribution in [-0.2, 0) is 13.0 Å². The third-order valence-corrected chi connectivity index (χ3v) is 6.10. The quantitative estimate of drug-likeness (QED) is 0.841. The topological polar surface area (TPSA) is 55.2 Å². The number of hydrogen-bond donors (Lipinski definition) is 0. The Morgan fingerprint density at radius 2 is 2.17 bits per heavy atom. The molecular weight excluding hydrogens is 322 g/mol. The van der Waals surface area contributed by atoms with Crippen LogP contribution in [-0.4, -0.2) is 33.4 Å². The van der Waals surface area contributed by atoms with Gasteiger partial charge in [-0.15, -0.1) is 11.3 Å². The number of aryl methyl sites for hydroxylation is 2. The highest BCUT2D eigenvalue weighted by Crippen LogP contribution is 2.36. The molecular formula is C18H21N3O2S. The first-order chi connectivity index (χ1) is 11.6. The summed E-state index contributed by atoms with van der Waals surface area (Å²) in [6.07, 6.45) is 1.85. The molecule has 0 saturated carbocycles. The Morgan fingerprint density at radius 1 is 1.33 bits per heavy atom. The lowest BCUT2D eigenvalue weighted by molar-refractivity contribution is 0.0598. The molecule has 1 fully saturated rings. The van der Waals surface area contributed by atoms with Crippen LogP contribution in [0.2, 0.25) is 0 Å². The Hall–Kier alpha value is -1.95. The molecule has 2 aromatic rings. The second-order valence-electron chi connectivity index (χ2n) is 6.77. The third kappa shape index (κ3) is 2.49. The highest BCUT2D eigenvalue weighted by molar-refractivity contribution is 7.13. The summed E-state index contributed by atoms with van der Waals surface area (Å²) in [5.74, 6) is 0.729. The number of carbonyl (C=O) groups is 1. The van der Waals surface area contributed by atoms with E-state index in [1.165, 1.54) is 11.3 Å². The van der Waals surface area contributed by atoms with E-state index in [9.17, 15) is 9.59 Å². The van der Waals surface area contributed by atoms with E-state index in [1.54, 1.807) is 6.07 Å². The van der Waals surface area contributed by atoms with E-state index in [0.717, 1.165) is 47.2 Å². The van der Waals surface area contributed by atoms with Gasteiger partial charge in [0.2, 0.25) is 0 Å². The van der Waals surface area contributed by atoms with E-state index < -0.39 is 0 Å². The highest BCUT2D eigenvalue weighted by Gasteiger charge is 2.37. The third-order valence-electron chi connectivity index (χ3n) is 5.10. The van der Waals surface area contributed by atoms with E-state index >= 15 is 0 Å². The van der Waals surface area contributed by atoms with Crippen molar-refractivity contribution in [3.8, 4) is 0 Å². The first kappa shape index (κ1) is 15.6. The minimum Gasteiger partial charge on any atom is -0.337 e. The van der Waals surface area contributed by atoms with Gasteiger partial charge in [-0.1, -0.05) is 13.0 Å². The maximum atomic E-state index is 13.0. The van der Waals surface area contributed by atoms with E-state index in [2.05, 4.69) is 4.98 Å². The van der Waals surface area contributed by atoms with Crippen LogP contribution in [0, 0.1) is 12.8 Å². The minimum atomic E-state index is 0.0772. The van der Waals surface area contributed by atoms with Gasteiger partial charge in [0.1, 0.15) is 4.88 Å². The molecule has 6 heteroatoms. The number of piperidine rings is 1. The molecule has 0 N–H and O–H groups in total. The fourth-order valence-electron chi connectivity index (χ4n) is 4.08. The van der Waals surface area contributed by atoms with Gasteiger partial charge in [0.05, 0.1) is 10.7 Å². The molecule has 0 radical (unpaired) electrons. The Labute approximate surface area is 144 Å². The normalized spacial score (nSPS) is 22.3. The summed E-state index contributed by atoms with van der Waals surface area (Å²) in [6.45, 7) is 6.14. The first-order valence-electron chi connectivity index (χ1n) is 8.52. The largest absolute Gasteiger partial charge is 0.337 e. The van der Waals surface area contributed by atoms with Gasteiger partial charge in [0.25, 0.3) is 11.5 Å². The van der Waals surface area contributed by atoms with Gasteiger partial charge in [-0.2, -0.15) is 0 Å². The Morgan fingerprint density at radius 3 is 2.96 bits per heavy atom. The van der Waals surface area contributed by atoms with E-state index in [-0.39, 0.29) is 17.4 Å². The van der Waals surface area contributed by atoms with E-state index in [0.29, 0.717) is 12.5 Å². The molecule has 4 rings (SSSR count). The van der Waals surface area contributed by atoms with Crippen molar-refractivity contribution in [2.75, 3.05) is 13.1 Å². The van der Waals surface area contributed by atoms with Crippen molar-refractivity contribution in [1.82, 2.24) is 14.5 Å². The fourth-order valence-corrected chi connectivity index (χ4v) is 5.06. The SMILES string of the molecule is CCc1nc(C)sc1C(=O)N1CC2CC(C1)c1cccc(=O)n1C2. The lowest BCUT2D eigenvalue weighted by Crippen LogP contribution is -2.49. The number of rotatable bonds is 2. The zero-order chi connectivity index (χ0) is 16.8. The van der Waals surface area contributed by atoms with Crippen molar-refractivity contribution in [3.63, 3.8) is 0 Å². The molecule has 1 saturated heterocycles. The zero-order valence-corrected chi connectivity index (χ0v) is 14.8. The van der Waals surface area contributed by atoms with Crippen LogP contribution in [0.1, 0.15) is 45.3 Å². The molecule has 5 nitrogen and oxygen atoms in total. The summed E-state index contributed by atoms with van der Waals surface area (Å²) in [4.78, 5) is 32.4. The number of amides is 1. The van der Waals surface area contributed by atoms with Gasteiger partial charge >= 0.3 is 0 Å². The van der Waals surface area contributed by atoms with Crippen molar-refractivity contribution in [3.05, 3.63) is 49.8 Å². The molecule has 2 bridgehead atoms. The summed E-state index contributed by atoms with van der Waals surface area (Å²) in [5.41, 5.74) is 2.07. The molecule has 126 valence electrons. The van der Waals surface area contributed by atoms with Crippen LogP contribution in [0.25, 0.3) is 0 Å². The molecule has 2 unspecified atom stereocenters. The average Bonchev–Trinajstić information content (AvgIpc) is 2.96. The first-order valence-corrected chi connectivity index (χ1v) is 9.33. The molecule has 2 aliphatic rings. The van der Waals surface area contributed by atoms with E-state index in [1.807, 2.05) is 35.4 Å². The molecule has 0 aromatic carbocycles. The van der Waals surface area contributed by atoms with Gasteiger partial charge in [0, 0.05) is 37.3 Å². The molecule has 0 aliphatic carbocycles. The average molecular weight is 343 g/mol. The van der Waals surface area contributed by atoms with Crippen LogP contribution in [0.15, 0.2) is 23.0 Å². The van der Waals surface area contributed by atoms with Gasteiger partial charge in [0.15, 0.2) is 0 Å². The Kier molecular flexibility index (Phi) is 3.79. The van der Waals surface area contributed by atoms with Gasteiger partial charge in [-0.05, 0) is 31.7 Å². The molecule has 4 heterocycles. The number of pyridine rings is 1. The molecule has 2 atom stereocenters.